The van der Waals surface area contributed by atoms with Crippen molar-refractivity contribution in [3.8, 4) is 0 Å². The molecule has 0 aromatic rings. The first-order chi connectivity index (χ1) is 4.31. The third-order valence-electron chi connectivity index (χ3n) is 0.870. The summed E-state index contributed by atoms with van der Waals surface area (Å²) in [6.07, 6.45) is 1.96. The fraction of sp³-hybridized carbons (Fsp3) is 0.833. The molecule has 0 rings (SSSR count). The summed E-state index contributed by atoms with van der Waals surface area (Å²) in [7, 11) is 0. The van der Waals surface area contributed by atoms with E-state index in [2.05, 4.69) is 4.74 Å². The zero-order chi connectivity index (χ0) is 7.11. The number of ether oxygens (including phenoxy) is 1. The van der Waals surface area contributed by atoms with Crippen molar-refractivity contribution in [3.05, 3.63) is 0 Å². The summed E-state index contributed by atoms with van der Waals surface area (Å²) < 4.78 is 4.66. The minimum absolute atomic E-state index is 0.0380. The Morgan fingerprint density at radius 1 is 1.67 bits per heavy atom. The molecule has 0 fully saturated rings. The molecule has 0 N–H and O–H groups in total. The van der Waals surface area contributed by atoms with Crippen molar-refractivity contribution in [1.29, 1.82) is 0 Å². The number of hydrogen-bond donors (Lipinski definition) is 0. The first-order valence-corrected chi connectivity index (χ1v) is 3.56. The van der Waals surface area contributed by atoms with Gasteiger partial charge in [-0.15, -0.1) is 11.6 Å². The van der Waals surface area contributed by atoms with Gasteiger partial charge in [0.15, 0.2) is 0 Å². The molecule has 54 valence electrons. The van der Waals surface area contributed by atoms with Crippen LogP contribution in [0.1, 0.15) is 19.8 Å². The average Bonchev–Trinajstić information content (AvgIpc) is 1.89. The van der Waals surface area contributed by atoms with E-state index >= 15 is 0 Å². The van der Waals surface area contributed by atoms with Crippen LogP contribution in [0.4, 0.5) is 0 Å². The molecular formula is C6H11ClO2. The Bertz CT molecular complexity index is 83.1. The van der Waals surface area contributed by atoms with Gasteiger partial charge in [0.25, 0.3) is 0 Å². The molecule has 0 spiro atoms. The second kappa shape index (κ2) is 5.89. The highest BCUT2D eigenvalue weighted by molar-refractivity contribution is 6.26. The van der Waals surface area contributed by atoms with Crippen molar-refractivity contribution >= 4 is 17.6 Å². The van der Waals surface area contributed by atoms with E-state index in [9.17, 15) is 4.79 Å². The summed E-state index contributed by atoms with van der Waals surface area (Å²) >= 11 is 5.16. The quantitative estimate of drug-likeness (QED) is 0.346. The van der Waals surface area contributed by atoms with Gasteiger partial charge in [-0.25, -0.2) is 0 Å². The number of rotatable bonds is 4. The van der Waals surface area contributed by atoms with Gasteiger partial charge in [-0.2, -0.15) is 0 Å². The SMILES string of the molecule is CCCCOC(=O)CCl. The molecule has 0 aromatic heterocycles. The number of carbonyl (C=O) groups is 1. The van der Waals surface area contributed by atoms with Crippen LogP contribution in [0.25, 0.3) is 0 Å². The van der Waals surface area contributed by atoms with Crippen molar-refractivity contribution in [2.45, 2.75) is 19.8 Å². The van der Waals surface area contributed by atoms with E-state index in [-0.39, 0.29) is 11.8 Å². The third-order valence-corrected chi connectivity index (χ3v) is 1.09. The Kier molecular flexibility index (Phi) is 5.73. The lowest BCUT2D eigenvalue weighted by molar-refractivity contribution is -0.140. The van der Waals surface area contributed by atoms with Gasteiger partial charge in [0, 0.05) is 0 Å². The maximum absolute atomic E-state index is 10.3. The molecule has 0 saturated heterocycles. The number of carbonyl (C=O) groups excluding carboxylic acids is 1. The van der Waals surface area contributed by atoms with Crippen molar-refractivity contribution in [2.24, 2.45) is 0 Å². The number of halogens is 1. The summed E-state index contributed by atoms with van der Waals surface area (Å²) in [4.78, 5) is 10.3. The molecule has 0 aromatic carbocycles. The van der Waals surface area contributed by atoms with Crippen LogP contribution in [0.2, 0.25) is 0 Å². The molecule has 0 atom stereocenters. The largest absolute Gasteiger partial charge is 0.465 e. The highest BCUT2D eigenvalue weighted by Crippen LogP contribution is 1.89. The first-order valence-electron chi connectivity index (χ1n) is 3.02. The van der Waals surface area contributed by atoms with Gasteiger partial charge < -0.3 is 4.74 Å². The number of alkyl halides is 1. The lowest BCUT2D eigenvalue weighted by atomic mass is 10.4. The van der Waals surface area contributed by atoms with Gasteiger partial charge in [-0.3, -0.25) is 4.79 Å². The summed E-state index contributed by atoms with van der Waals surface area (Å²) in [6.45, 7) is 2.54. The summed E-state index contributed by atoms with van der Waals surface area (Å²) in [5.41, 5.74) is 0. The normalized spacial score (nSPS) is 9.11. The standard InChI is InChI=1S/C6H11ClO2/c1-2-3-4-9-6(8)5-7/h2-5H2,1H3. The second-order valence-electron chi connectivity index (χ2n) is 1.71. The van der Waals surface area contributed by atoms with Gasteiger partial charge in [-0.1, -0.05) is 13.3 Å². The summed E-state index contributed by atoms with van der Waals surface area (Å²) in [5.74, 6) is -0.367. The predicted octanol–water partition coefficient (Wildman–Crippen LogP) is 1.57. The van der Waals surface area contributed by atoms with Crippen LogP contribution in [0.5, 0.6) is 0 Å². The fourth-order valence-electron chi connectivity index (χ4n) is 0.369. The van der Waals surface area contributed by atoms with Crippen molar-refractivity contribution < 1.29 is 9.53 Å². The van der Waals surface area contributed by atoms with E-state index in [0.29, 0.717) is 6.61 Å². The number of unbranched alkanes of at least 4 members (excludes halogenated alkanes) is 1. The van der Waals surface area contributed by atoms with Gasteiger partial charge in [0.05, 0.1) is 6.61 Å². The molecule has 0 aliphatic carbocycles. The van der Waals surface area contributed by atoms with Crippen molar-refractivity contribution in [1.82, 2.24) is 0 Å². The monoisotopic (exact) mass is 150 g/mol. The maximum Gasteiger partial charge on any atom is 0.320 e. The van der Waals surface area contributed by atoms with Gasteiger partial charge in [0.2, 0.25) is 0 Å². The van der Waals surface area contributed by atoms with E-state index in [0.717, 1.165) is 12.8 Å². The van der Waals surface area contributed by atoms with Gasteiger partial charge in [-0.05, 0) is 6.42 Å². The van der Waals surface area contributed by atoms with Crippen LogP contribution < -0.4 is 0 Å². The smallest absolute Gasteiger partial charge is 0.320 e. The van der Waals surface area contributed by atoms with Crippen LogP contribution >= 0.6 is 11.6 Å². The van der Waals surface area contributed by atoms with Crippen LogP contribution in [0.15, 0.2) is 0 Å². The van der Waals surface area contributed by atoms with E-state index in [1.54, 1.807) is 0 Å². The highest BCUT2D eigenvalue weighted by Gasteiger charge is 1.96. The number of hydrogen-bond acceptors (Lipinski definition) is 2. The highest BCUT2D eigenvalue weighted by atomic mass is 35.5. The first kappa shape index (κ1) is 8.76. The van der Waals surface area contributed by atoms with Crippen molar-refractivity contribution in [3.63, 3.8) is 0 Å². The van der Waals surface area contributed by atoms with Gasteiger partial charge >= 0.3 is 5.97 Å². The zero-order valence-corrected chi connectivity index (χ0v) is 6.28. The topological polar surface area (TPSA) is 26.3 Å². The molecule has 0 aliphatic heterocycles. The van der Waals surface area contributed by atoms with Crippen LogP contribution in [-0.4, -0.2) is 18.5 Å². The molecule has 2 nitrogen and oxygen atoms in total. The fourth-order valence-corrected chi connectivity index (χ4v) is 0.446. The molecule has 0 radical (unpaired) electrons. The average molecular weight is 151 g/mol. The third kappa shape index (κ3) is 5.63. The zero-order valence-electron chi connectivity index (χ0n) is 5.52. The molecule has 9 heavy (non-hydrogen) atoms. The summed E-state index contributed by atoms with van der Waals surface area (Å²) in [5, 5.41) is 0. The van der Waals surface area contributed by atoms with Crippen LogP contribution in [0.3, 0.4) is 0 Å². The second-order valence-corrected chi connectivity index (χ2v) is 1.97. The minimum atomic E-state index is -0.329. The predicted molar refractivity (Wildman–Crippen MR) is 36.6 cm³/mol. The Morgan fingerprint density at radius 2 is 2.33 bits per heavy atom. The van der Waals surface area contributed by atoms with E-state index in [1.165, 1.54) is 0 Å². The lowest BCUT2D eigenvalue weighted by Gasteiger charge is -1.98. The van der Waals surface area contributed by atoms with Crippen molar-refractivity contribution in [2.75, 3.05) is 12.5 Å². The number of esters is 1. The van der Waals surface area contributed by atoms with Crippen LogP contribution in [0, 0.1) is 0 Å². The molecule has 0 amide bonds. The van der Waals surface area contributed by atoms with E-state index in [1.807, 2.05) is 6.92 Å². The molecular weight excluding hydrogens is 140 g/mol. The Hall–Kier alpha value is -0.240. The molecule has 0 bridgehead atoms. The molecule has 0 unspecified atom stereocenters. The van der Waals surface area contributed by atoms with Gasteiger partial charge in [0.1, 0.15) is 5.88 Å². The molecule has 0 heterocycles. The lowest BCUT2D eigenvalue weighted by Crippen LogP contribution is -2.06. The Balaban J connectivity index is 2.97. The van der Waals surface area contributed by atoms with Crippen LogP contribution in [-0.2, 0) is 9.53 Å². The molecule has 0 aliphatic rings. The van der Waals surface area contributed by atoms with E-state index in [4.69, 9.17) is 11.6 Å². The summed E-state index contributed by atoms with van der Waals surface area (Å²) in [6, 6.07) is 0. The van der Waals surface area contributed by atoms with E-state index < -0.39 is 0 Å². The Labute approximate surface area is 60.1 Å². The molecule has 3 heteroatoms. The maximum atomic E-state index is 10.3. The minimum Gasteiger partial charge on any atom is -0.465 e. The Morgan fingerprint density at radius 3 is 2.78 bits per heavy atom. The molecule has 0 saturated carbocycles.